The van der Waals surface area contributed by atoms with Crippen molar-refractivity contribution in [3.05, 3.63) is 69.7 Å². The number of piperidine rings is 1. The second-order valence-corrected chi connectivity index (χ2v) is 9.79. The van der Waals surface area contributed by atoms with E-state index in [2.05, 4.69) is 0 Å². The average molecular weight is 478 g/mol. The quantitative estimate of drug-likeness (QED) is 0.536. The van der Waals surface area contributed by atoms with Crippen molar-refractivity contribution in [1.82, 2.24) is 4.90 Å². The molecule has 2 aromatic carbocycles. The molecule has 1 heterocycles. The van der Waals surface area contributed by atoms with Crippen LogP contribution in [0.4, 0.5) is 0 Å². The van der Waals surface area contributed by atoms with Crippen LogP contribution in [0.5, 0.6) is 0 Å². The van der Waals surface area contributed by atoms with E-state index < -0.39 is 29.6 Å². The lowest BCUT2D eigenvalue weighted by atomic mass is 9.67. The SMILES string of the molecule is CCC([C@H](C)O)N1C(=O)[C@@](C)(CC(=O)O)CC(c2cccc(Cl)c2)[C@H]1c1ccc(Cl)cc1. The number of nitrogens with zero attached hydrogens (tertiary/aromatic N) is 1. The number of aliphatic hydroxyl groups is 1. The molecule has 0 aromatic heterocycles. The molecule has 0 bridgehead atoms. The van der Waals surface area contributed by atoms with Gasteiger partial charge in [-0.2, -0.15) is 0 Å². The van der Waals surface area contributed by atoms with Gasteiger partial charge >= 0.3 is 5.97 Å². The number of likely N-dealkylation sites (tertiary alicyclic amines) is 1. The third-order valence-electron chi connectivity index (χ3n) is 6.46. The maximum Gasteiger partial charge on any atom is 0.304 e. The maximum absolute atomic E-state index is 13.9. The molecular formula is C25H29Cl2NO4. The zero-order chi connectivity index (χ0) is 23.6. The van der Waals surface area contributed by atoms with Crippen molar-refractivity contribution in [3.8, 4) is 0 Å². The number of carboxylic acids is 1. The zero-order valence-corrected chi connectivity index (χ0v) is 20.0. The maximum atomic E-state index is 13.9. The van der Waals surface area contributed by atoms with Crippen molar-refractivity contribution in [1.29, 1.82) is 0 Å². The smallest absolute Gasteiger partial charge is 0.304 e. The highest BCUT2D eigenvalue weighted by molar-refractivity contribution is 6.30. The van der Waals surface area contributed by atoms with Gasteiger partial charge in [-0.3, -0.25) is 9.59 Å². The van der Waals surface area contributed by atoms with Crippen molar-refractivity contribution in [2.75, 3.05) is 0 Å². The number of carboxylic acid groups (broad SMARTS) is 1. The Labute approximate surface area is 199 Å². The minimum Gasteiger partial charge on any atom is -0.481 e. The first-order valence-corrected chi connectivity index (χ1v) is 11.6. The van der Waals surface area contributed by atoms with E-state index in [1.165, 1.54) is 0 Å². The van der Waals surface area contributed by atoms with Crippen molar-refractivity contribution < 1.29 is 19.8 Å². The predicted molar refractivity (Wildman–Crippen MR) is 126 cm³/mol. The Morgan fingerprint density at radius 2 is 1.81 bits per heavy atom. The first-order chi connectivity index (χ1) is 15.1. The molecule has 32 heavy (non-hydrogen) atoms. The van der Waals surface area contributed by atoms with Crippen LogP contribution in [0.3, 0.4) is 0 Å². The van der Waals surface area contributed by atoms with Crippen LogP contribution in [0.25, 0.3) is 0 Å². The highest BCUT2D eigenvalue weighted by atomic mass is 35.5. The summed E-state index contributed by atoms with van der Waals surface area (Å²) in [6.07, 6.45) is -0.202. The second-order valence-electron chi connectivity index (χ2n) is 8.92. The van der Waals surface area contributed by atoms with Gasteiger partial charge in [0.15, 0.2) is 0 Å². The van der Waals surface area contributed by atoms with Gasteiger partial charge in [-0.1, -0.05) is 61.3 Å². The third kappa shape index (κ3) is 4.95. The fourth-order valence-electron chi connectivity index (χ4n) is 5.02. The molecule has 2 N–H and O–H groups in total. The number of hydrogen-bond acceptors (Lipinski definition) is 3. The average Bonchev–Trinajstić information content (AvgIpc) is 2.71. The summed E-state index contributed by atoms with van der Waals surface area (Å²) in [4.78, 5) is 27.3. The third-order valence-corrected chi connectivity index (χ3v) is 6.95. The number of rotatable bonds is 7. The molecule has 0 aliphatic carbocycles. The fraction of sp³-hybridized carbons (Fsp3) is 0.440. The number of aliphatic hydroxyl groups excluding tert-OH is 1. The summed E-state index contributed by atoms with van der Waals surface area (Å²) in [5.74, 6) is -1.50. The molecule has 1 amide bonds. The van der Waals surface area contributed by atoms with Crippen LogP contribution in [0, 0.1) is 5.41 Å². The van der Waals surface area contributed by atoms with E-state index in [-0.39, 0.29) is 18.2 Å². The molecule has 0 radical (unpaired) electrons. The van der Waals surface area contributed by atoms with E-state index in [0.29, 0.717) is 22.9 Å². The van der Waals surface area contributed by atoms with Crippen LogP contribution in [-0.2, 0) is 9.59 Å². The molecule has 5 nitrogen and oxygen atoms in total. The molecule has 2 unspecified atom stereocenters. The summed E-state index contributed by atoms with van der Waals surface area (Å²) in [5, 5.41) is 21.3. The Morgan fingerprint density at radius 3 is 2.34 bits per heavy atom. The Morgan fingerprint density at radius 1 is 1.16 bits per heavy atom. The molecule has 0 spiro atoms. The monoisotopic (exact) mass is 477 g/mol. The summed E-state index contributed by atoms with van der Waals surface area (Å²) in [7, 11) is 0. The molecule has 172 valence electrons. The Hall–Kier alpha value is -2.08. The number of benzene rings is 2. The molecule has 5 atom stereocenters. The zero-order valence-electron chi connectivity index (χ0n) is 18.5. The molecule has 1 saturated heterocycles. The van der Waals surface area contributed by atoms with E-state index in [0.717, 1.165) is 11.1 Å². The van der Waals surface area contributed by atoms with Gasteiger partial charge < -0.3 is 15.1 Å². The fourth-order valence-corrected chi connectivity index (χ4v) is 5.34. The van der Waals surface area contributed by atoms with E-state index in [1.54, 1.807) is 36.9 Å². The summed E-state index contributed by atoms with van der Waals surface area (Å²) in [5.41, 5.74) is 0.681. The number of carbonyl (C=O) groups is 2. The number of amides is 1. The predicted octanol–water partition coefficient (Wildman–Crippen LogP) is 5.69. The van der Waals surface area contributed by atoms with Crippen LogP contribution in [0.1, 0.15) is 63.1 Å². The minimum absolute atomic E-state index is 0.218. The topological polar surface area (TPSA) is 77.8 Å². The lowest BCUT2D eigenvalue weighted by molar-refractivity contribution is -0.163. The van der Waals surface area contributed by atoms with Gasteiger partial charge in [0.2, 0.25) is 5.91 Å². The molecule has 0 saturated carbocycles. The molecule has 1 fully saturated rings. The van der Waals surface area contributed by atoms with E-state index in [1.807, 2.05) is 37.3 Å². The minimum atomic E-state index is -1.12. The number of hydrogen-bond donors (Lipinski definition) is 2. The van der Waals surface area contributed by atoms with Crippen LogP contribution >= 0.6 is 23.2 Å². The van der Waals surface area contributed by atoms with Crippen LogP contribution in [0.2, 0.25) is 10.0 Å². The molecule has 7 heteroatoms. The van der Waals surface area contributed by atoms with Crippen molar-refractivity contribution >= 4 is 35.1 Å². The van der Waals surface area contributed by atoms with Crippen molar-refractivity contribution in [2.24, 2.45) is 5.41 Å². The van der Waals surface area contributed by atoms with Crippen LogP contribution < -0.4 is 0 Å². The number of aliphatic carboxylic acids is 1. The normalized spacial score (nSPS) is 25.4. The van der Waals surface area contributed by atoms with Crippen molar-refractivity contribution in [3.63, 3.8) is 0 Å². The largest absolute Gasteiger partial charge is 0.481 e. The second kappa shape index (κ2) is 9.82. The molecule has 2 aromatic rings. The van der Waals surface area contributed by atoms with E-state index >= 15 is 0 Å². The van der Waals surface area contributed by atoms with E-state index in [9.17, 15) is 19.8 Å². The van der Waals surface area contributed by atoms with E-state index in [4.69, 9.17) is 23.2 Å². The first-order valence-electron chi connectivity index (χ1n) is 10.8. The summed E-state index contributed by atoms with van der Waals surface area (Å²) in [6.45, 7) is 5.29. The molecule has 1 aliphatic rings. The van der Waals surface area contributed by atoms with Crippen LogP contribution in [0.15, 0.2) is 48.5 Å². The van der Waals surface area contributed by atoms with Gasteiger partial charge in [-0.05, 0) is 55.2 Å². The van der Waals surface area contributed by atoms with Gasteiger partial charge in [-0.25, -0.2) is 0 Å². The summed E-state index contributed by atoms with van der Waals surface area (Å²) >= 11 is 12.4. The molecule has 3 rings (SSSR count). The van der Waals surface area contributed by atoms with Gasteiger partial charge in [0.05, 0.1) is 30.0 Å². The molecule has 1 aliphatic heterocycles. The highest BCUT2D eigenvalue weighted by Crippen LogP contribution is 2.52. The lowest BCUT2D eigenvalue weighted by Gasteiger charge is -2.52. The highest BCUT2D eigenvalue weighted by Gasteiger charge is 2.52. The Bertz CT molecular complexity index is 978. The summed E-state index contributed by atoms with van der Waals surface area (Å²) in [6, 6.07) is 13.9. The van der Waals surface area contributed by atoms with Gasteiger partial charge in [0.1, 0.15) is 0 Å². The van der Waals surface area contributed by atoms with Crippen LogP contribution in [-0.4, -0.2) is 39.1 Å². The number of halogens is 2. The van der Waals surface area contributed by atoms with Crippen molar-refractivity contribution in [2.45, 2.75) is 64.1 Å². The summed E-state index contributed by atoms with van der Waals surface area (Å²) < 4.78 is 0. The van der Waals surface area contributed by atoms with Gasteiger partial charge in [0.25, 0.3) is 0 Å². The first kappa shape index (κ1) is 24.6. The Balaban J connectivity index is 2.25. The van der Waals surface area contributed by atoms with Gasteiger partial charge in [-0.15, -0.1) is 0 Å². The molecular weight excluding hydrogens is 449 g/mol. The standard InChI is InChI=1S/C25H29Cl2NO4/c1-4-21(15(2)29)28-23(16-8-10-18(26)11-9-16)20(17-6-5-7-19(27)12-17)13-25(3,24(28)32)14-22(30)31/h5-12,15,20-21,23,29H,4,13-14H2,1-3H3,(H,30,31)/t15-,20?,21?,23+,25+/m0/s1. The lowest BCUT2D eigenvalue weighted by Crippen LogP contribution is -2.58. The van der Waals surface area contributed by atoms with Gasteiger partial charge in [0, 0.05) is 16.0 Å². The Kier molecular flexibility index (Phi) is 7.53. The number of carbonyl (C=O) groups excluding carboxylic acids is 1.